The van der Waals surface area contributed by atoms with E-state index in [2.05, 4.69) is 37.9 Å². The molecular weight excluding hydrogens is 417 g/mol. The smallest absolute Gasteiger partial charge is 0.243 e. The van der Waals surface area contributed by atoms with Gasteiger partial charge in [0.15, 0.2) is 0 Å². The third kappa shape index (κ3) is 3.86. The van der Waals surface area contributed by atoms with Crippen LogP contribution in [0.5, 0.6) is 0 Å². The number of nitrogens with zero attached hydrogens (tertiary/aromatic N) is 4. The molecule has 1 aliphatic heterocycles. The molecule has 1 N–H and O–H groups in total. The van der Waals surface area contributed by atoms with Gasteiger partial charge in [-0.1, -0.05) is 6.07 Å². The highest BCUT2D eigenvalue weighted by molar-refractivity contribution is 7.89. The number of aromatic amines is 1. The summed E-state index contributed by atoms with van der Waals surface area (Å²) in [6, 6.07) is 11.2. The summed E-state index contributed by atoms with van der Waals surface area (Å²) in [6.45, 7) is 1.72. The first-order valence-corrected chi connectivity index (χ1v) is 11.6. The summed E-state index contributed by atoms with van der Waals surface area (Å²) < 4.78 is 42.4. The van der Waals surface area contributed by atoms with Crippen molar-refractivity contribution in [1.82, 2.24) is 24.1 Å². The van der Waals surface area contributed by atoms with Gasteiger partial charge in [-0.15, -0.1) is 0 Å². The van der Waals surface area contributed by atoms with Gasteiger partial charge in [-0.05, 0) is 60.7 Å². The second-order valence-electron chi connectivity index (χ2n) is 7.89. The van der Waals surface area contributed by atoms with Gasteiger partial charge >= 0.3 is 0 Å². The van der Waals surface area contributed by atoms with Crippen molar-refractivity contribution in [3.63, 3.8) is 0 Å². The number of hydrogen-bond donors (Lipinski definition) is 1. The maximum absolute atomic E-state index is 13.1. The quantitative estimate of drug-likeness (QED) is 0.514. The maximum Gasteiger partial charge on any atom is 0.243 e. The fraction of sp³-hybridized carbons (Fsp3) is 0.273. The highest BCUT2D eigenvalue weighted by Gasteiger charge is 2.29. The molecule has 3 heterocycles. The second kappa shape index (κ2) is 7.90. The highest BCUT2D eigenvalue weighted by atomic mass is 32.2. The van der Waals surface area contributed by atoms with Crippen LogP contribution in [-0.4, -0.2) is 45.6 Å². The van der Waals surface area contributed by atoms with Crippen molar-refractivity contribution < 1.29 is 12.8 Å². The molecule has 0 atom stereocenters. The lowest BCUT2D eigenvalue weighted by atomic mass is 9.98. The minimum atomic E-state index is -3.59. The van der Waals surface area contributed by atoms with Gasteiger partial charge < -0.3 is 4.57 Å². The average Bonchev–Trinajstić information content (AvgIpc) is 3.45. The Kier molecular flexibility index (Phi) is 5.07. The van der Waals surface area contributed by atoms with Crippen molar-refractivity contribution in [3.8, 4) is 11.1 Å². The molecular formula is C22H22FN5O2S. The number of aromatic nitrogens is 4. The van der Waals surface area contributed by atoms with Crippen molar-refractivity contribution in [2.75, 3.05) is 13.1 Å². The third-order valence-corrected chi connectivity index (χ3v) is 7.85. The number of sulfonamides is 1. The first-order chi connectivity index (χ1) is 15.0. The van der Waals surface area contributed by atoms with E-state index in [1.165, 1.54) is 28.6 Å². The number of hydrogen-bond acceptors (Lipinski definition) is 4. The molecule has 0 bridgehead atoms. The first-order valence-electron chi connectivity index (χ1n) is 10.2. The Labute approximate surface area is 179 Å². The van der Waals surface area contributed by atoms with E-state index in [1.807, 2.05) is 12.5 Å². The molecule has 0 radical (unpaired) electrons. The molecule has 0 aliphatic carbocycles. The Balaban J connectivity index is 1.26. The van der Waals surface area contributed by atoms with Crippen LogP contribution in [0, 0.1) is 11.7 Å². The molecule has 1 aliphatic rings. The van der Waals surface area contributed by atoms with Gasteiger partial charge in [-0.3, -0.25) is 5.10 Å². The standard InChI is InChI=1S/C22H22FN5O2S/c23-19-2-4-20(5-3-19)31(29,30)28-9-7-16(8-10-28)14-27-15-24-21-11-17(1-6-22(21)27)18-12-25-26-13-18/h1-6,11-13,15-16H,7-10,14H2,(H,25,26). The van der Waals surface area contributed by atoms with Gasteiger partial charge in [-0.25, -0.2) is 17.8 Å². The Bertz CT molecular complexity index is 1290. The number of fused-ring (bicyclic) bond motifs is 1. The Morgan fingerprint density at radius 1 is 1.06 bits per heavy atom. The Morgan fingerprint density at radius 3 is 2.55 bits per heavy atom. The summed E-state index contributed by atoms with van der Waals surface area (Å²) in [5, 5.41) is 6.82. The fourth-order valence-electron chi connectivity index (χ4n) is 4.16. The molecule has 0 spiro atoms. The number of benzene rings is 2. The van der Waals surface area contributed by atoms with Gasteiger partial charge in [-0.2, -0.15) is 9.40 Å². The third-order valence-electron chi connectivity index (χ3n) is 5.93. The summed E-state index contributed by atoms with van der Waals surface area (Å²) in [7, 11) is -3.59. The van der Waals surface area contributed by atoms with Crippen LogP contribution in [-0.2, 0) is 16.6 Å². The van der Waals surface area contributed by atoms with Gasteiger partial charge in [0, 0.05) is 31.4 Å². The topological polar surface area (TPSA) is 83.9 Å². The van der Waals surface area contributed by atoms with Crippen LogP contribution in [0.4, 0.5) is 4.39 Å². The molecule has 9 heteroatoms. The number of nitrogens with one attached hydrogen (secondary N) is 1. The normalized spacial score (nSPS) is 16.2. The van der Waals surface area contributed by atoms with Crippen LogP contribution in [0.25, 0.3) is 22.2 Å². The monoisotopic (exact) mass is 439 g/mol. The molecule has 0 amide bonds. The Morgan fingerprint density at radius 2 is 1.84 bits per heavy atom. The van der Waals surface area contributed by atoms with Crippen molar-refractivity contribution >= 4 is 21.1 Å². The largest absolute Gasteiger partial charge is 0.330 e. The van der Waals surface area contributed by atoms with Gasteiger partial charge in [0.25, 0.3) is 0 Å². The zero-order chi connectivity index (χ0) is 21.4. The van der Waals surface area contributed by atoms with Crippen molar-refractivity contribution in [1.29, 1.82) is 0 Å². The number of imidazole rings is 1. The number of halogens is 1. The molecule has 31 heavy (non-hydrogen) atoms. The predicted octanol–water partition coefficient (Wildman–Crippen LogP) is 3.67. The zero-order valence-corrected chi connectivity index (χ0v) is 17.6. The minimum Gasteiger partial charge on any atom is -0.330 e. The van der Waals surface area contributed by atoms with E-state index in [-0.39, 0.29) is 4.90 Å². The van der Waals surface area contributed by atoms with Crippen molar-refractivity contribution in [2.24, 2.45) is 5.92 Å². The van der Waals surface area contributed by atoms with Gasteiger partial charge in [0.05, 0.1) is 28.5 Å². The fourth-order valence-corrected chi connectivity index (χ4v) is 5.63. The lowest BCUT2D eigenvalue weighted by molar-refractivity contribution is 0.254. The highest BCUT2D eigenvalue weighted by Crippen LogP contribution is 2.27. The van der Waals surface area contributed by atoms with E-state index < -0.39 is 15.8 Å². The lowest BCUT2D eigenvalue weighted by Crippen LogP contribution is -2.39. The molecule has 1 saturated heterocycles. The average molecular weight is 440 g/mol. The summed E-state index contributed by atoms with van der Waals surface area (Å²) in [5.41, 5.74) is 4.07. The zero-order valence-electron chi connectivity index (χ0n) is 16.8. The number of rotatable bonds is 5. The first kappa shape index (κ1) is 19.9. The molecule has 4 aromatic rings. The van der Waals surface area contributed by atoms with Gasteiger partial charge in [0.1, 0.15) is 5.82 Å². The van der Waals surface area contributed by atoms with Crippen LogP contribution >= 0.6 is 0 Å². The van der Waals surface area contributed by atoms with E-state index in [0.29, 0.717) is 19.0 Å². The lowest BCUT2D eigenvalue weighted by Gasteiger charge is -2.31. The number of H-pyrrole nitrogens is 1. The van der Waals surface area contributed by atoms with Crippen LogP contribution in [0.3, 0.4) is 0 Å². The molecule has 2 aromatic carbocycles. The Hall–Kier alpha value is -3.04. The van der Waals surface area contributed by atoms with E-state index in [4.69, 9.17) is 0 Å². The van der Waals surface area contributed by atoms with E-state index in [9.17, 15) is 12.8 Å². The van der Waals surface area contributed by atoms with Crippen molar-refractivity contribution in [2.45, 2.75) is 24.3 Å². The molecule has 1 fully saturated rings. The van der Waals surface area contributed by atoms with Crippen LogP contribution in [0.15, 0.2) is 66.1 Å². The molecule has 160 valence electrons. The summed E-state index contributed by atoms with van der Waals surface area (Å²) in [4.78, 5) is 4.69. The molecule has 7 nitrogen and oxygen atoms in total. The van der Waals surface area contributed by atoms with E-state index in [0.717, 1.165) is 41.5 Å². The number of piperidine rings is 1. The van der Waals surface area contributed by atoms with Crippen LogP contribution in [0.1, 0.15) is 12.8 Å². The van der Waals surface area contributed by atoms with Crippen molar-refractivity contribution in [3.05, 3.63) is 67.0 Å². The summed E-state index contributed by atoms with van der Waals surface area (Å²) >= 11 is 0. The van der Waals surface area contributed by atoms with E-state index >= 15 is 0 Å². The molecule has 0 saturated carbocycles. The predicted molar refractivity (Wildman–Crippen MR) is 115 cm³/mol. The SMILES string of the molecule is O=S(=O)(c1ccc(F)cc1)N1CCC(Cn2cnc3cc(-c4cn[nH]c4)ccc32)CC1. The molecule has 5 rings (SSSR count). The summed E-state index contributed by atoms with van der Waals surface area (Å²) in [5.74, 6) is -0.0762. The van der Waals surface area contributed by atoms with Gasteiger partial charge in [0.2, 0.25) is 10.0 Å². The maximum atomic E-state index is 13.1. The molecule has 0 unspecified atom stereocenters. The van der Waals surface area contributed by atoms with Crippen LogP contribution in [0.2, 0.25) is 0 Å². The second-order valence-corrected chi connectivity index (χ2v) is 9.83. The van der Waals surface area contributed by atoms with Crippen LogP contribution < -0.4 is 0 Å². The van der Waals surface area contributed by atoms with E-state index in [1.54, 1.807) is 6.20 Å². The minimum absolute atomic E-state index is 0.140. The molecule has 2 aromatic heterocycles. The summed E-state index contributed by atoms with van der Waals surface area (Å²) in [6.07, 6.45) is 7.03.